The molecular formula is C17H13N3S2. The Kier molecular flexibility index (Phi) is 5.22. The molecule has 5 heteroatoms. The van der Waals surface area contributed by atoms with Gasteiger partial charge < -0.3 is 0 Å². The number of nitrogens with one attached hydrogen (secondary N) is 1. The summed E-state index contributed by atoms with van der Waals surface area (Å²) in [6.45, 7) is 0.774. The number of nitrogens with zero attached hydrogens (tertiary/aromatic N) is 2. The monoisotopic (exact) mass is 323 g/mol. The summed E-state index contributed by atoms with van der Waals surface area (Å²) in [5.41, 5.74) is 2.20. The van der Waals surface area contributed by atoms with Crippen molar-refractivity contribution in [3.8, 4) is 11.8 Å². The van der Waals surface area contributed by atoms with E-state index in [1.165, 1.54) is 17.5 Å². The third-order valence-corrected chi connectivity index (χ3v) is 4.39. The Hall–Kier alpha value is -2.13. The van der Waals surface area contributed by atoms with Crippen LogP contribution < -0.4 is 4.72 Å². The molecule has 0 spiro atoms. The van der Waals surface area contributed by atoms with Crippen LogP contribution in [0.1, 0.15) is 16.1 Å². The average molecular weight is 323 g/mol. The van der Waals surface area contributed by atoms with Gasteiger partial charge in [0.1, 0.15) is 5.03 Å². The smallest absolute Gasteiger partial charge is 0.168 e. The van der Waals surface area contributed by atoms with Gasteiger partial charge in [0.2, 0.25) is 0 Å². The van der Waals surface area contributed by atoms with E-state index in [4.69, 9.17) is 0 Å². The summed E-state index contributed by atoms with van der Waals surface area (Å²) < 4.78 is 3.29. The highest BCUT2D eigenvalue weighted by Gasteiger charge is 2.00. The molecule has 0 atom stereocenters. The minimum Gasteiger partial charge on any atom is -0.265 e. The Balaban J connectivity index is 1.54. The van der Waals surface area contributed by atoms with Gasteiger partial charge in [-0.2, -0.15) is 0 Å². The molecule has 2 aromatic heterocycles. The normalized spacial score (nSPS) is 10.0. The van der Waals surface area contributed by atoms with E-state index in [1.807, 2.05) is 47.8 Å². The minimum atomic E-state index is 0.774. The van der Waals surface area contributed by atoms with Crippen molar-refractivity contribution in [2.24, 2.45) is 0 Å². The molecular weight excluding hydrogens is 310 g/mol. The van der Waals surface area contributed by atoms with Crippen LogP contribution in [0.4, 0.5) is 0 Å². The standard InChI is InChI=1S/C17H13N3S2/c1-2-4-14(5-3-1)6-7-16-20-17(13-21-16)22-19-12-15-8-10-18-11-9-15/h1-5,8-11,13,19H,12H2. The second-order valence-electron chi connectivity index (χ2n) is 4.39. The van der Waals surface area contributed by atoms with Gasteiger partial charge in [-0.25, -0.2) is 4.98 Å². The molecule has 0 saturated heterocycles. The fourth-order valence-corrected chi connectivity index (χ4v) is 3.15. The summed E-state index contributed by atoms with van der Waals surface area (Å²) >= 11 is 3.08. The fourth-order valence-electron chi connectivity index (χ4n) is 1.70. The second kappa shape index (κ2) is 7.76. The molecule has 3 nitrogen and oxygen atoms in total. The van der Waals surface area contributed by atoms with Crippen LogP contribution in [-0.2, 0) is 6.54 Å². The SMILES string of the molecule is C(#Cc1nc(SNCc2ccncc2)cs1)c1ccccc1. The Morgan fingerprint density at radius 3 is 2.68 bits per heavy atom. The third kappa shape index (κ3) is 4.43. The molecule has 22 heavy (non-hydrogen) atoms. The zero-order chi connectivity index (χ0) is 15.0. The molecule has 0 fully saturated rings. The highest BCUT2D eigenvalue weighted by atomic mass is 32.2. The van der Waals surface area contributed by atoms with E-state index in [0.29, 0.717) is 0 Å². The molecule has 108 valence electrons. The van der Waals surface area contributed by atoms with Crippen LogP contribution >= 0.6 is 23.3 Å². The van der Waals surface area contributed by atoms with Crippen molar-refractivity contribution >= 4 is 23.3 Å². The van der Waals surface area contributed by atoms with E-state index in [1.54, 1.807) is 23.7 Å². The summed E-state index contributed by atoms with van der Waals surface area (Å²) in [6, 6.07) is 13.9. The maximum Gasteiger partial charge on any atom is 0.168 e. The Morgan fingerprint density at radius 1 is 1.05 bits per heavy atom. The van der Waals surface area contributed by atoms with Gasteiger partial charge in [-0.1, -0.05) is 24.1 Å². The first-order valence-electron chi connectivity index (χ1n) is 6.71. The van der Waals surface area contributed by atoms with Crippen LogP contribution in [0, 0.1) is 11.8 Å². The van der Waals surface area contributed by atoms with Gasteiger partial charge in [-0.15, -0.1) is 11.3 Å². The van der Waals surface area contributed by atoms with Crippen molar-refractivity contribution in [1.29, 1.82) is 0 Å². The van der Waals surface area contributed by atoms with Gasteiger partial charge in [0.25, 0.3) is 0 Å². The summed E-state index contributed by atoms with van der Waals surface area (Å²) in [7, 11) is 0. The van der Waals surface area contributed by atoms with Gasteiger partial charge in [0.15, 0.2) is 5.01 Å². The molecule has 0 radical (unpaired) electrons. The van der Waals surface area contributed by atoms with Crippen molar-refractivity contribution in [2.45, 2.75) is 11.6 Å². The molecule has 1 aromatic carbocycles. The molecule has 3 rings (SSSR count). The molecule has 0 saturated carbocycles. The number of pyridine rings is 1. The van der Waals surface area contributed by atoms with Crippen LogP contribution in [0.25, 0.3) is 0 Å². The fraction of sp³-hybridized carbons (Fsp3) is 0.0588. The summed E-state index contributed by atoms with van der Waals surface area (Å²) in [6.07, 6.45) is 3.59. The predicted octanol–water partition coefficient (Wildman–Crippen LogP) is 3.73. The highest BCUT2D eigenvalue weighted by Crippen LogP contribution is 2.18. The van der Waals surface area contributed by atoms with Crippen LogP contribution in [0.2, 0.25) is 0 Å². The van der Waals surface area contributed by atoms with Gasteiger partial charge in [0, 0.05) is 29.9 Å². The Bertz CT molecular complexity index is 774. The second-order valence-corrected chi connectivity index (χ2v) is 6.15. The molecule has 0 amide bonds. The molecule has 0 aliphatic heterocycles. The van der Waals surface area contributed by atoms with Crippen molar-refractivity contribution < 1.29 is 0 Å². The van der Waals surface area contributed by atoms with Crippen LogP contribution in [0.5, 0.6) is 0 Å². The van der Waals surface area contributed by atoms with E-state index in [-0.39, 0.29) is 0 Å². The minimum absolute atomic E-state index is 0.774. The number of hydrogen-bond donors (Lipinski definition) is 1. The lowest BCUT2D eigenvalue weighted by molar-refractivity contribution is 0.963. The maximum atomic E-state index is 4.49. The lowest BCUT2D eigenvalue weighted by Crippen LogP contribution is -2.02. The van der Waals surface area contributed by atoms with Crippen molar-refractivity contribution in [1.82, 2.24) is 14.7 Å². The maximum absolute atomic E-state index is 4.49. The van der Waals surface area contributed by atoms with Gasteiger partial charge in [-0.3, -0.25) is 9.71 Å². The number of benzene rings is 1. The largest absolute Gasteiger partial charge is 0.265 e. The summed E-state index contributed by atoms with van der Waals surface area (Å²) in [4.78, 5) is 8.49. The molecule has 0 bridgehead atoms. The summed E-state index contributed by atoms with van der Waals surface area (Å²) in [5, 5.41) is 3.78. The molecule has 2 heterocycles. The van der Waals surface area contributed by atoms with Crippen molar-refractivity contribution in [2.75, 3.05) is 0 Å². The number of thiazole rings is 1. The lowest BCUT2D eigenvalue weighted by atomic mass is 10.2. The summed E-state index contributed by atoms with van der Waals surface area (Å²) in [5.74, 6) is 6.21. The van der Waals surface area contributed by atoms with Crippen molar-refractivity contribution in [3.05, 3.63) is 76.4 Å². The average Bonchev–Trinajstić information content (AvgIpc) is 3.03. The lowest BCUT2D eigenvalue weighted by Gasteiger charge is -2.00. The first kappa shape index (κ1) is 14.8. The van der Waals surface area contributed by atoms with Gasteiger partial charge in [0.05, 0.1) is 0 Å². The molecule has 1 N–H and O–H groups in total. The zero-order valence-electron chi connectivity index (χ0n) is 11.7. The number of hydrogen-bond acceptors (Lipinski definition) is 5. The number of rotatable bonds is 4. The van der Waals surface area contributed by atoms with E-state index < -0.39 is 0 Å². The topological polar surface area (TPSA) is 37.8 Å². The Labute approximate surface area is 138 Å². The van der Waals surface area contributed by atoms with Crippen LogP contribution in [-0.4, -0.2) is 9.97 Å². The predicted molar refractivity (Wildman–Crippen MR) is 91.5 cm³/mol. The van der Waals surface area contributed by atoms with Crippen molar-refractivity contribution in [3.63, 3.8) is 0 Å². The first-order chi connectivity index (χ1) is 10.9. The molecule has 3 aromatic rings. The third-order valence-electron chi connectivity index (χ3n) is 2.77. The number of aromatic nitrogens is 2. The van der Waals surface area contributed by atoms with E-state index >= 15 is 0 Å². The first-order valence-corrected chi connectivity index (χ1v) is 8.41. The molecule has 0 aliphatic carbocycles. The van der Waals surface area contributed by atoms with Gasteiger partial charge in [-0.05, 0) is 47.7 Å². The van der Waals surface area contributed by atoms with E-state index in [0.717, 1.165) is 22.1 Å². The molecule has 0 aliphatic rings. The molecule has 0 unspecified atom stereocenters. The quantitative estimate of drug-likeness (QED) is 0.586. The van der Waals surface area contributed by atoms with Crippen LogP contribution in [0.15, 0.2) is 65.3 Å². The van der Waals surface area contributed by atoms with Gasteiger partial charge >= 0.3 is 0 Å². The Morgan fingerprint density at radius 2 is 1.86 bits per heavy atom. The highest BCUT2D eigenvalue weighted by molar-refractivity contribution is 7.97. The van der Waals surface area contributed by atoms with E-state index in [2.05, 4.69) is 26.5 Å². The van der Waals surface area contributed by atoms with Crippen LogP contribution in [0.3, 0.4) is 0 Å². The zero-order valence-corrected chi connectivity index (χ0v) is 13.3. The van der Waals surface area contributed by atoms with E-state index in [9.17, 15) is 0 Å².